The molecule has 0 aliphatic carbocycles. The van der Waals surface area contributed by atoms with Crippen molar-refractivity contribution in [2.75, 3.05) is 4.90 Å². The largest absolute Gasteiger partial charge is 0.310 e. The van der Waals surface area contributed by atoms with Gasteiger partial charge in [0.1, 0.15) is 0 Å². The van der Waals surface area contributed by atoms with Gasteiger partial charge in [0, 0.05) is 33.5 Å². The third-order valence-electron chi connectivity index (χ3n) is 8.49. The maximum Gasteiger partial charge on any atom is 0.160 e. The zero-order valence-electron chi connectivity index (χ0n) is 25.7. The van der Waals surface area contributed by atoms with Crippen LogP contribution in [-0.2, 0) is 0 Å². The van der Waals surface area contributed by atoms with Crippen molar-refractivity contribution in [2.45, 2.75) is 0 Å². The number of hydrogen-bond donors (Lipinski definition) is 0. The van der Waals surface area contributed by atoms with Crippen molar-refractivity contribution in [2.24, 2.45) is 0 Å². The van der Waals surface area contributed by atoms with Crippen LogP contribution in [0.4, 0.5) is 17.1 Å². The van der Waals surface area contributed by atoms with Crippen molar-refractivity contribution in [3.8, 4) is 45.0 Å². The van der Waals surface area contributed by atoms with Crippen LogP contribution in [0.1, 0.15) is 0 Å². The van der Waals surface area contributed by atoms with Gasteiger partial charge < -0.3 is 4.90 Å². The normalized spacial score (nSPS) is 11.0. The molecule has 0 fully saturated rings. The van der Waals surface area contributed by atoms with E-state index in [1.165, 1.54) is 10.8 Å². The van der Waals surface area contributed by atoms with Gasteiger partial charge in [-0.15, -0.1) is 0 Å². The minimum Gasteiger partial charge on any atom is -0.310 e. The number of benzene rings is 7. The summed E-state index contributed by atoms with van der Waals surface area (Å²) in [6.07, 6.45) is 0. The number of hydrogen-bond acceptors (Lipinski definition) is 3. The van der Waals surface area contributed by atoms with E-state index in [0.29, 0.717) is 0 Å². The number of rotatable bonds is 7. The summed E-state index contributed by atoms with van der Waals surface area (Å²) in [4.78, 5) is 12.3. The number of nitrogens with zero attached hydrogens (tertiary/aromatic N) is 3. The van der Waals surface area contributed by atoms with E-state index in [0.717, 1.165) is 62.1 Å². The van der Waals surface area contributed by atoms with Crippen LogP contribution < -0.4 is 4.90 Å². The molecule has 0 atom stereocenters. The van der Waals surface area contributed by atoms with Gasteiger partial charge in [0.15, 0.2) is 5.82 Å². The maximum absolute atomic E-state index is 5.00. The van der Waals surface area contributed by atoms with Gasteiger partial charge in [-0.25, -0.2) is 9.97 Å². The highest BCUT2D eigenvalue weighted by Gasteiger charge is 2.15. The van der Waals surface area contributed by atoms with Gasteiger partial charge in [0.2, 0.25) is 0 Å². The molecule has 0 saturated heterocycles. The lowest BCUT2D eigenvalue weighted by molar-refractivity contribution is 1.18. The second-order valence-electron chi connectivity index (χ2n) is 11.5. The zero-order valence-corrected chi connectivity index (χ0v) is 25.7. The average Bonchev–Trinajstić information content (AvgIpc) is 3.16. The summed E-state index contributed by atoms with van der Waals surface area (Å²) in [6.45, 7) is 0. The maximum atomic E-state index is 5.00. The van der Waals surface area contributed by atoms with Crippen LogP contribution in [-0.4, -0.2) is 9.97 Å². The van der Waals surface area contributed by atoms with E-state index >= 15 is 0 Å². The van der Waals surface area contributed by atoms with Crippen LogP contribution in [0, 0.1) is 0 Å². The van der Waals surface area contributed by atoms with E-state index in [-0.39, 0.29) is 0 Å². The molecule has 8 aromatic rings. The molecule has 0 aliphatic rings. The van der Waals surface area contributed by atoms with Crippen molar-refractivity contribution in [3.05, 3.63) is 188 Å². The van der Waals surface area contributed by atoms with Gasteiger partial charge in [-0.3, -0.25) is 0 Å². The Balaban J connectivity index is 1.13. The molecule has 47 heavy (non-hydrogen) atoms. The molecule has 222 valence electrons. The first-order valence-electron chi connectivity index (χ1n) is 15.8. The van der Waals surface area contributed by atoms with Gasteiger partial charge in [-0.2, -0.15) is 0 Å². The minimum absolute atomic E-state index is 0.718. The molecule has 1 heterocycles. The molecule has 0 aliphatic heterocycles. The molecular formula is C44H31N3. The SMILES string of the molecule is c1ccc(-c2cc(-c3ccc(-c4ccc(N(c5ccccc5)c5cccc6ccccc56)cc4)cc3)nc(-c3ccccc3)n2)cc1. The van der Waals surface area contributed by atoms with E-state index in [4.69, 9.17) is 9.97 Å². The van der Waals surface area contributed by atoms with Crippen LogP contribution >= 0.6 is 0 Å². The lowest BCUT2D eigenvalue weighted by Gasteiger charge is -2.27. The van der Waals surface area contributed by atoms with Gasteiger partial charge in [0.05, 0.1) is 17.1 Å². The molecule has 0 N–H and O–H groups in total. The standard InChI is InChI=1S/C44H31N3/c1-4-14-35(15-5-1)41-31-42(46-44(45-41)37-16-6-2-7-17-37)36-25-23-32(24-26-36)33-27-29-39(30-28-33)47(38-19-8-3-9-20-38)43-22-12-18-34-13-10-11-21-40(34)43/h1-31H. The molecule has 0 spiro atoms. The number of fused-ring (bicyclic) bond motifs is 1. The van der Waals surface area contributed by atoms with Gasteiger partial charge in [0.25, 0.3) is 0 Å². The fourth-order valence-electron chi connectivity index (χ4n) is 6.11. The Labute approximate surface area is 275 Å². The predicted octanol–water partition coefficient (Wildman–Crippen LogP) is 11.8. The Bertz CT molecular complexity index is 2200. The third-order valence-corrected chi connectivity index (χ3v) is 8.49. The summed E-state index contributed by atoms with van der Waals surface area (Å²) < 4.78 is 0. The van der Waals surface area contributed by atoms with Crippen LogP contribution in [0.2, 0.25) is 0 Å². The quantitative estimate of drug-likeness (QED) is 0.182. The second kappa shape index (κ2) is 12.6. The third kappa shape index (κ3) is 5.79. The molecule has 0 bridgehead atoms. The molecule has 0 unspecified atom stereocenters. The van der Waals surface area contributed by atoms with E-state index in [1.54, 1.807) is 0 Å². The number of para-hydroxylation sites is 1. The molecule has 7 aromatic carbocycles. The van der Waals surface area contributed by atoms with Crippen molar-refractivity contribution in [3.63, 3.8) is 0 Å². The minimum atomic E-state index is 0.718. The monoisotopic (exact) mass is 601 g/mol. The summed E-state index contributed by atoms with van der Waals surface area (Å²) in [6, 6.07) is 65.6. The first-order valence-corrected chi connectivity index (χ1v) is 15.8. The Morgan fingerprint density at radius 1 is 0.340 bits per heavy atom. The second-order valence-corrected chi connectivity index (χ2v) is 11.5. The van der Waals surface area contributed by atoms with Crippen molar-refractivity contribution in [1.29, 1.82) is 0 Å². The van der Waals surface area contributed by atoms with Gasteiger partial charge in [-0.1, -0.05) is 152 Å². The summed E-state index contributed by atoms with van der Waals surface area (Å²) in [5.41, 5.74) is 10.6. The fraction of sp³-hybridized carbons (Fsp3) is 0. The fourth-order valence-corrected chi connectivity index (χ4v) is 6.11. The highest BCUT2D eigenvalue weighted by Crippen LogP contribution is 2.39. The van der Waals surface area contributed by atoms with E-state index in [9.17, 15) is 0 Å². The number of aromatic nitrogens is 2. The smallest absolute Gasteiger partial charge is 0.160 e. The highest BCUT2D eigenvalue weighted by molar-refractivity contribution is 5.99. The van der Waals surface area contributed by atoms with Crippen molar-refractivity contribution < 1.29 is 0 Å². The molecule has 3 nitrogen and oxygen atoms in total. The average molecular weight is 602 g/mol. The lowest BCUT2D eigenvalue weighted by Crippen LogP contribution is -2.10. The topological polar surface area (TPSA) is 29.0 Å². The summed E-state index contributed by atoms with van der Waals surface area (Å²) in [7, 11) is 0. The predicted molar refractivity (Wildman–Crippen MR) is 196 cm³/mol. The van der Waals surface area contributed by atoms with Crippen molar-refractivity contribution in [1.82, 2.24) is 9.97 Å². The summed E-state index contributed by atoms with van der Waals surface area (Å²) in [5.74, 6) is 0.718. The van der Waals surface area contributed by atoms with E-state index < -0.39 is 0 Å². The highest BCUT2D eigenvalue weighted by atomic mass is 15.1. The Morgan fingerprint density at radius 3 is 1.47 bits per heavy atom. The Morgan fingerprint density at radius 2 is 0.809 bits per heavy atom. The van der Waals surface area contributed by atoms with Crippen LogP contribution in [0.5, 0.6) is 0 Å². The van der Waals surface area contributed by atoms with Gasteiger partial charge >= 0.3 is 0 Å². The molecule has 0 radical (unpaired) electrons. The number of anilines is 3. The molecule has 1 aromatic heterocycles. The molecule has 3 heteroatoms. The lowest BCUT2D eigenvalue weighted by atomic mass is 10.0. The van der Waals surface area contributed by atoms with E-state index in [1.807, 2.05) is 36.4 Å². The van der Waals surface area contributed by atoms with Crippen LogP contribution in [0.15, 0.2) is 188 Å². The molecule has 8 rings (SSSR count). The molecular weight excluding hydrogens is 571 g/mol. The summed E-state index contributed by atoms with van der Waals surface area (Å²) >= 11 is 0. The molecule has 0 saturated carbocycles. The zero-order chi connectivity index (χ0) is 31.4. The Hall–Kier alpha value is -6.32. The molecule has 0 amide bonds. The summed E-state index contributed by atoms with van der Waals surface area (Å²) in [5, 5.41) is 2.44. The van der Waals surface area contributed by atoms with Crippen LogP contribution in [0.3, 0.4) is 0 Å². The first-order chi connectivity index (χ1) is 23.3. The van der Waals surface area contributed by atoms with Gasteiger partial charge in [-0.05, 0) is 52.9 Å². The Kier molecular flexibility index (Phi) is 7.54. The van der Waals surface area contributed by atoms with Crippen LogP contribution in [0.25, 0.3) is 55.8 Å². The van der Waals surface area contributed by atoms with E-state index in [2.05, 4.69) is 157 Å². The van der Waals surface area contributed by atoms with Crippen molar-refractivity contribution >= 4 is 27.8 Å². The first kappa shape index (κ1) is 28.2.